The van der Waals surface area contributed by atoms with Gasteiger partial charge in [-0.2, -0.15) is 10.4 Å². The van der Waals surface area contributed by atoms with Crippen molar-refractivity contribution in [3.8, 4) is 6.07 Å². The van der Waals surface area contributed by atoms with Crippen molar-refractivity contribution in [2.24, 2.45) is 5.41 Å². The molecule has 0 fully saturated rings. The predicted octanol–water partition coefficient (Wildman–Crippen LogP) is 4.92. The zero-order valence-corrected chi connectivity index (χ0v) is 14.7. The molecule has 0 aliphatic carbocycles. The number of unbranched alkanes of at least 4 members (excludes halogenated alkanes) is 1. The Morgan fingerprint density at radius 2 is 2.13 bits per heavy atom. The molecule has 122 valence electrons. The van der Waals surface area contributed by atoms with Gasteiger partial charge in [0.1, 0.15) is 12.7 Å². The van der Waals surface area contributed by atoms with Gasteiger partial charge in [-0.25, -0.2) is 4.98 Å². The Labute approximate surface area is 147 Å². The van der Waals surface area contributed by atoms with Crippen LogP contribution in [0.4, 0.5) is 0 Å². The summed E-state index contributed by atoms with van der Waals surface area (Å²) in [5.41, 5.74) is 0.554. The van der Waals surface area contributed by atoms with Gasteiger partial charge in [-0.05, 0) is 37.0 Å². The van der Waals surface area contributed by atoms with Gasteiger partial charge < -0.3 is 0 Å². The first-order valence-electron chi connectivity index (χ1n) is 7.76. The second-order valence-electron chi connectivity index (χ2n) is 5.82. The van der Waals surface area contributed by atoms with E-state index in [1.54, 1.807) is 17.1 Å². The standard InChI is InChI=1S/C17H20Cl2N4/c1-2-3-7-17(10-20,11-23-13-21-12-22-23)8-6-14-4-5-15(18)9-16(14)19/h4-5,9,12-13H,2-3,6-8,11H2,1H3. The number of rotatable bonds is 8. The Morgan fingerprint density at radius 1 is 1.30 bits per heavy atom. The molecule has 1 unspecified atom stereocenters. The minimum absolute atomic E-state index is 0.466. The van der Waals surface area contributed by atoms with Crippen molar-refractivity contribution in [2.75, 3.05) is 0 Å². The maximum absolute atomic E-state index is 9.83. The molecule has 0 saturated heterocycles. The Morgan fingerprint density at radius 3 is 2.74 bits per heavy atom. The van der Waals surface area contributed by atoms with Crippen LogP contribution in [0.2, 0.25) is 10.0 Å². The van der Waals surface area contributed by atoms with Gasteiger partial charge >= 0.3 is 0 Å². The quantitative estimate of drug-likeness (QED) is 0.678. The summed E-state index contributed by atoms with van der Waals surface area (Å²) in [4.78, 5) is 3.97. The van der Waals surface area contributed by atoms with E-state index >= 15 is 0 Å². The van der Waals surface area contributed by atoms with Gasteiger partial charge in [-0.15, -0.1) is 0 Å². The summed E-state index contributed by atoms with van der Waals surface area (Å²) >= 11 is 12.2. The highest BCUT2D eigenvalue weighted by atomic mass is 35.5. The second-order valence-corrected chi connectivity index (χ2v) is 6.67. The van der Waals surface area contributed by atoms with Crippen LogP contribution in [-0.4, -0.2) is 14.8 Å². The molecule has 0 amide bonds. The van der Waals surface area contributed by atoms with Crippen LogP contribution in [0.15, 0.2) is 30.9 Å². The van der Waals surface area contributed by atoms with Crippen molar-refractivity contribution in [1.82, 2.24) is 14.8 Å². The minimum Gasteiger partial charge on any atom is -0.251 e. The molecule has 23 heavy (non-hydrogen) atoms. The van der Waals surface area contributed by atoms with E-state index in [4.69, 9.17) is 23.2 Å². The Kier molecular flexibility index (Phi) is 6.44. The van der Waals surface area contributed by atoms with Crippen molar-refractivity contribution in [2.45, 2.75) is 45.6 Å². The van der Waals surface area contributed by atoms with Crippen LogP contribution in [0, 0.1) is 16.7 Å². The Hall–Kier alpha value is -1.57. The molecule has 1 atom stereocenters. The third-order valence-electron chi connectivity index (χ3n) is 4.07. The van der Waals surface area contributed by atoms with Gasteiger partial charge in [-0.1, -0.05) is 49.0 Å². The van der Waals surface area contributed by atoms with E-state index in [0.717, 1.165) is 37.7 Å². The molecule has 0 bridgehead atoms. The first-order valence-corrected chi connectivity index (χ1v) is 8.52. The number of halogens is 2. The summed E-state index contributed by atoms with van der Waals surface area (Å²) < 4.78 is 1.74. The number of nitrogens with zero attached hydrogens (tertiary/aromatic N) is 4. The van der Waals surface area contributed by atoms with Crippen molar-refractivity contribution >= 4 is 23.2 Å². The maximum Gasteiger partial charge on any atom is 0.137 e. The number of hydrogen-bond acceptors (Lipinski definition) is 3. The van der Waals surface area contributed by atoms with Gasteiger partial charge in [0.05, 0.1) is 18.0 Å². The summed E-state index contributed by atoms with van der Waals surface area (Å²) in [5.74, 6) is 0. The summed E-state index contributed by atoms with van der Waals surface area (Å²) in [6.07, 6.45) is 7.53. The molecule has 1 aromatic carbocycles. The first kappa shape index (κ1) is 17.8. The summed E-state index contributed by atoms with van der Waals surface area (Å²) in [6, 6.07) is 8.04. The number of nitriles is 1. The fraction of sp³-hybridized carbons (Fsp3) is 0.471. The average molecular weight is 351 g/mol. The largest absolute Gasteiger partial charge is 0.251 e. The minimum atomic E-state index is -0.466. The Bertz CT molecular complexity index is 664. The highest BCUT2D eigenvalue weighted by Crippen LogP contribution is 2.33. The lowest BCUT2D eigenvalue weighted by atomic mass is 9.79. The van der Waals surface area contributed by atoms with E-state index in [9.17, 15) is 5.26 Å². The predicted molar refractivity (Wildman–Crippen MR) is 92.4 cm³/mol. The van der Waals surface area contributed by atoms with Crippen LogP contribution >= 0.6 is 23.2 Å². The molecule has 2 rings (SSSR count). The van der Waals surface area contributed by atoms with Crippen molar-refractivity contribution in [3.05, 3.63) is 46.5 Å². The lowest BCUT2D eigenvalue weighted by Crippen LogP contribution is -2.26. The number of aromatic nitrogens is 3. The molecular weight excluding hydrogens is 331 g/mol. The Balaban J connectivity index is 2.14. The third kappa shape index (κ3) is 4.95. The molecule has 1 aromatic heterocycles. The molecule has 0 radical (unpaired) electrons. The van der Waals surface area contributed by atoms with E-state index in [1.165, 1.54) is 6.33 Å². The summed E-state index contributed by atoms with van der Waals surface area (Å²) in [7, 11) is 0. The third-order valence-corrected chi connectivity index (χ3v) is 4.65. The van der Waals surface area contributed by atoms with Crippen LogP contribution in [-0.2, 0) is 13.0 Å². The number of aryl methyl sites for hydroxylation is 1. The van der Waals surface area contributed by atoms with Crippen LogP contribution in [0.1, 0.15) is 38.2 Å². The normalized spacial score (nSPS) is 13.5. The molecule has 6 heteroatoms. The van der Waals surface area contributed by atoms with Gasteiger partial charge in [0.25, 0.3) is 0 Å². The molecule has 0 aliphatic heterocycles. The monoisotopic (exact) mass is 350 g/mol. The second kappa shape index (κ2) is 8.33. The van der Waals surface area contributed by atoms with E-state index in [0.29, 0.717) is 16.6 Å². The lowest BCUT2D eigenvalue weighted by Gasteiger charge is -2.26. The number of benzene rings is 1. The first-order chi connectivity index (χ1) is 11.1. The molecule has 1 heterocycles. The molecule has 0 saturated carbocycles. The molecular formula is C17H20Cl2N4. The van der Waals surface area contributed by atoms with E-state index in [-0.39, 0.29) is 0 Å². The molecule has 4 nitrogen and oxygen atoms in total. The fourth-order valence-corrected chi connectivity index (χ4v) is 3.17. The molecule has 0 spiro atoms. The van der Waals surface area contributed by atoms with E-state index < -0.39 is 5.41 Å². The lowest BCUT2D eigenvalue weighted by molar-refractivity contribution is 0.265. The van der Waals surface area contributed by atoms with Gasteiger partial charge in [0.15, 0.2) is 0 Å². The average Bonchev–Trinajstić information content (AvgIpc) is 3.04. The van der Waals surface area contributed by atoms with E-state index in [1.807, 2.05) is 12.1 Å². The summed E-state index contributed by atoms with van der Waals surface area (Å²) in [5, 5.41) is 15.3. The van der Waals surface area contributed by atoms with Gasteiger partial charge in [0.2, 0.25) is 0 Å². The summed E-state index contributed by atoms with van der Waals surface area (Å²) in [6.45, 7) is 2.68. The van der Waals surface area contributed by atoms with Gasteiger partial charge in [0, 0.05) is 10.0 Å². The highest BCUT2D eigenvalue weighted by Gasteiger charge is 2.30. The van der Waals surface area contributed by atoms with Crippen LogP contribution in [0.3, 0.4) is 0 Å². The zero-order valence-electron chi connectivity index (χ0n) is 13.2. The van der Waals surface area contributed by atoms with E-state index in [2.05, 4.69) is 23.1 Å². The van der Waals surface area contributed by atoms with Crippen LogP contribution in [0.25, 0.3) is 0 Å². The smallest absolute Gasteiger partial charge is 0.137 e. The SMILES string of the molecule is CCCCC(C#N)(CCc1ccc(Cl)cc1Cl)Cn1cncn1. The zero-order chi connectivity index (χ0) is 16.7. The molecule has 0 aliphatic rings. The van der Waals surface area contributed by atoms with Crippen molar-refractivity contribution < 1.29 is 0 Å². The fourth-order valence-electron chi connectivity index (χ4n) is 2.67. The molecule has 0 N–H and O–H groups in total. The molecule has 2 aromatic rings. The van der Waals surface area contributed by atoms with Gasteiger partial charge in [-0.3, -0.25) is 4.68 Å². The highest BCUT2D eigenvalue weighted by molar-refractivity contribution is 6.35. The maximum atomic E-state index is 9.83. The van der Waals surface area contributed by atoms with Crippen LogP contribution < -0.4 is 0 Å². The van der Waals surface area contributed by atoms with Crippen molar-refractivity contribution in [3.63, 3.8) is 0 Å². The van der Waals surface area contributed by atoms with Crippen molar-refractivity contribution in [1.29, 1.82) is 5.26 Å². The topological polar surface area (TPSA) is 54.5 Å². The van der Waals surface area contributed by atoms with Crippen LogP contribution in [0.5, 0.6) is 0 Å². The number of hydrogen-bond donors (Lipinski definition) is 0.